The molecule has 14 heavy (non-hydrogen) atoms. The molecule has 81 valence electrons. The molecule has 0 atom stereocenters. The Bertz CT molecular complexity index is 138. The van der Waals surface area contributed by atoms with E-state index in [0.717, 1.165) is 5.92 Å². The average Bonchev–Trinajstić information content (AvgIpc) is 2.72. The van der Waals surface area contributed by atoms with Crippen LogP contribution in [-0.2, 0) is 0 Å². The molecule has 0 unspecified atom stereocenters. The highest BCUT2D eigenvalue weighted by atomic mass is 14.2. The Morgan fingerprint density at radius 3 is 2.29 bits per heavy atom. The molecule has 0 aliphatic heterocycles. The first-order chi connectivity index (χ1) is 6.95. The van der Waals surface area contributed by atoms with Crippen molar-refractivity contribution in [1.29, 1.82) is 0 Å². The van der Waals surface area contributed by atoms with E-state index >= 15 is 0 Å². The lowest BCUT2D eigenvalue weighted by Gasteiger charge is -2.21. The van der Waals surface area contributed by atoms with Gasteiger partial charge in [-0.25, -0.2) is 0 Å². The lowest BCUT2D eigenvalue weighted by molar-refractivity contribution is 0.444. The number of hydrogen-bond donors (Lipinski definition) is 0. The van der Waals surface area contributed by atoms with Gasteiger partial charge in [0.2, 0.25) is 0 Å². The average molecular weight is 193 g/mol. The summed E-state index contributed by atoms with van der Waals surface area (Å²) in [5.74, 6) is 3.01. The fourth-order valence-electron chi connectivity index (χ4n) is 3.24. The molecular weight excluding hydrogens is 168 g/mol. The van der Waals surface area contributed by atoms with Gasteiger partial charge < -0.3 is 0 Å². The van der Waals surface area contributed by atoms with Gasteiger partial charge in [-0.1, -0.05) is 57.8 Å². The summed E-state index contributed by atoms with van der Waals surface area (Å²) >= 11 is 0. The zero-order valence-electron chi connectivity index (χ0n) is 9.56. The smallest absolute Gasteiger partial charge is 0.0241 e. The van der Waals surface area contributed by atoms with E-state index in [-0.39, 0.29) is 0 Å². The van der Waals surface area contributed by atoms with Crippen LogP contribution in [0.25, 0.3) is 0 Å². The SMILES string of the molecule is C1CC[C](CCCC2CCCC2)CC1. The molecule has 0 nitrogen and oxygen atoms in total. The Morgan fingerprint density at radius 2 is 1.57 bits per heavy atom. The van der Waals surface area contributed by atoms with Crippen LogP contribution < -0.4 is 0 Å². The van der Waals surface area contributed by atoms with Crippen molar-refractivity contribution in [1.82, 2.24) is 0 Å². The van der Waals surface area contributed by atoms with Crippen LogP contribution >= 0.6 is 0 Å². The maximum Gasteiger partial charge on any atom is -0.0241 e. The van der Waals surface area contributed by atoms with E-state index in [9.17, 15) is 0 Å². The molecule has 0 aromatic carbocycles. The zero-order chi connectivity index (χ0) is 9.64. The summed E-state index contributed by atoms with van der Waals surface area (Å²) < 4.78 is 0. The first-order valence-corrected chi connectivity index (χ1v) is 6.79. The van der Waals surface area contributed by atoms with E-state index in [1.54, 1.807) is 0 Å². The molecule has 2 fully saturated rings. The second-order valence-corrected chi connectivity index (χ2v) is 5.35. The predicted molar refractivity (Wildman–Crippen MR) is 62.1 cm³/mol. The van der Waals surface area contributed by atoms with Gasteiger partial charge in [0.1, 0.15) is 0 Å². The molecule has 0 heterocycles. The van der Waals surface area contributed by atoms with Crippen molar-refractivity contribution in [2.75, 3.05) is 0 Å². The first kappa shape index (κ1) is 10.5. The Balaban J connectivity index is 1.52. The van der Waals surface area contributed by atoms with E-state index in [1.807, 2.05) is 5.92 Å². The third kappa shape index (κ3) is 3.29. The zero-order valence-corrected chi connectivity index (χ0v) is 9.56. The van der Waals surface area contributed by atoms with Crippen LogP contribution in [0.3, 0.4) is 0 Å². The van der Waals surface area contributed by atoms with E-state index in [1.165, 1.54) is 77.0 Å². The van der Waals surface area contributed by atoms with Crippen LogP contribution in [0.15, 0.2) is 0 Å². The molecule has 0 N–H and O–H groups in total. The molecule has 2 rings (SSSR count). The standard InChI is InChI=1S/C14H25/c1-2-7-13(8-3-1)11-6-12-14-9-4-5-10-14/h14H,1-12H2. The molecule has 0 spiro atoms. The fourth-order valence-corrected chi connectivity index (χ4v) is 3.24. The van der Waals surface area contributed by atoms with Crippen LogP contribution in [0.5, 0.6) is 0 Å². The highest BCUT2D eigenvalue weighted by molar-refractivity contribution is 4.92. The molecule has 2 aliphatic rings. The maximum absolute atomic E-state index is 1.90. The molecule has 0 bridgehead atoms. The van der Waals surface area contributed by atoms with Crippen molar-refractivity contribution in [3.05, 3.63) is 5.92 Å². The third-order valence-electron chi connectivity index (χ3n) is 4.18. The van der Waals surface area contributed by atoms with Crippen LogP contribution in [0, 0.1) is 11.8 Å². The van der Waals surface area contributed by atoms with Gasteiger partial charge in [-0.15, -0.1) is 0 Å². The highest BCUT2D eigenvalue weighted by Crippen LogP contribution is 2.33. The summed E-state index contributed by atoms with van der Waals surface area (Å²) in [7, 11) is 0. The molecular formula is C14H25. The van der Waals surface area contributed by atoms with Gasteiger partial charge in [-0.3, -0.25) is 0 Å². The van der Waals surface area contributed by atoms with Crippen molar-refractivity contribution in [3.63, 3.8) is 0 Å². The minimum absolute atomic E-state index is 1.11. The summed E-state index contributed by atoms with van der Waals surface area (Å²) in [6.07, 6.45) is 18.0. The van der Waals surface area contributed by atoms with Crippen molar-refractivity contribution < 1.29 is 0 Å². The van der Waals surface area contributed by atoms with Gasteiger partial charge in [-0.2, -0.15) is 0 Å². The lowest BCUT2D eigenvalue weighted by atomic mass is 9.85. The molecule has 0 aromatic heterocycles. The first-order valence-electron chi connectivity index (χ1n) is 6.79. The Labute approximate surface area is 89.5 Å². The minimum Gasteiger partial charge on any atom is -0.0533 e. The van der Waals surface area contributed by atoms with E-state index in [2.05, 4.69) is 0 Å². The summed E-state index contributed by atoms with van der Waals surface area (Å²) in [4.78, 5) is 0. The van der Waals surface area contributed by atoms with E-state index in [4.69, 9.17) is 0 Å². The van der Waals surface area contributed by atoms with E-state index in [0.29, 0.717) is 0 Å². The molecule has 0 aromatic rings. The quantitative estimate of drug-likeness (QED) is 0.596. The second kappa shape index (κ2) is 5.78. The molecule has 2 saturated carbocycles. The maximum atomic E-state index is 1.90. The Morgan fingerprint density at radius 1 is 0.857 bits per heavy atom. The topological polar surface area (TPSA) is 0 Å². The van der Waals surface area contributed by atoms with Crippen LogP contribution in [0.2, 0.25) is 0 Å². The molecule has 2 aliphatic carbocycles. The highest BCUT2D eigenvalue weighted by Gasteiger charge is 2.17. The summed E-state index contributed by atoms with van der Waals surface area (Å²) in [6.45, 7) is 0. The largest absolute Gasteiger partial charge is 0.0533 e. The van der Waals surface area contributed by atoms with Gasteiger partial charge in [0.15, 0.2) is 0 Å². The minimum atomic E-state index is 1.11. The van der Waals surface area contributed by atoms with Gasteiger partial charge >= 0.3 is 0 Å². The van der Waals surface area contributed by atoms with E-state index < -0.39 is 0 Å². The summed E-state index contributed by atoms with van der Waals surface area (Å²) in [6, 6.07) is 0. The van der Waals surface area contributed by atoms with Gasteiger partial charge in [0.25, 0.3) is 0 Å². The molecule has 0 heteroatoms. The van der Waals surface area contributed by atoms with Gasteiger partial charge in [0, 0.05) is 0 Å². The van der Waals surface area contributed by atoms with Crippen molar-refractivity contribution >= 4 is 0 Å². The lowest BCUT2D eigenvalue weighted by Crippen LogP contribution is -2.04. The van der Waals surface area contributed by atoms with Gasteiger partial charge in [-0.05, 0) is 31.1 Å². The Kier molecular flexibility index (Phi) is 4.34. The van der Waals surface area contributed by atoms with Crippen molar-refractivity contribution in [2.24, 2.45) is 5.92 Å². The third-order valence-corrected chi connectivity index (χ3v) is 4.18. The second-order valence-electron chi connectivity index (χ2n) is 5.35. The predicted octanol–water partition coefficient (Wildman–Crippen LogP) is 4.89. The molecule has 0 amide bonds. The summed E-state index contributed by atoms with van der Waals surface area (Å²) in [5.41, 5.74) is 0. The van der Waals surface area contributed by atoms with Crippen molar-refractivity contribution in [3.8, 4) is 0 Å². The van der Waals surface area contributed by atoms with Crippen molar-refractivity contribution in [2.45, 2.75) is 77.0 Å². The normalized spacial score (nSPS) is 25.7. The Hall–Kier alpha value is 0. The fraction of sp³-hybridized carbons (Fsp3) is 0.929. The van der Waals surface area contributed by atoms with Crippen LogP contribution in [0.1, 0.15) is 77.0 Å². The van der Waals surface area contributed by atoms with Crippen LogP contribution in [0.4, 0.5) is 0 Å². The molecule has 0 saturated heterocycles. The molecule has 1 radical (unpaired) electrons. The number of hydrogen-bond acceptors (Lipinski definition) is 0. The van der Waals surface area contributed by atoms with Crippen LogP contribution in [-0.4, -0.2) is 0 Å². The number of rotatable bonds is 4. The monoisotopic (exact) mass is 193 g/mol. The summed E-state index contributed by atoms with van der Waals surface area (Å²) in [5, 5.41) is 0. The van der Waals surface area contributed by atoms with Gasteiger partial charge in [0.05, 0.1) is 0 Å².